The Kier molecular flexibility index (Phi) is 5.24. The number of ether oxygens (including phenoxy) is 1. The SMILES string of the molecule is NC(=O)COCCNc1cnc(C(N)=S)cn1. The second-order valence-corrected chi connectivity index (χ2v) is 3.54. The van der Waals surface area contributed by atoms with Gasteiger partial charge < -0.3 is 21.5 Å². The Hall–Kier alpha value is -1.80. The van der Waals surface area contributed by atoms with Crippen molar-refractivity contribution in [1.29, 1.82) is 0 Å². The lowest BCUT2D eigenvalue weighted by molar-refractivity contribution is -0.122. The fraction of sp³-hybridized carbons (Fsp3) is 0.333. The van der Waals surface area contributed by atoms with Gasteiger partial charge in [-0.25, -0.2) is 9.97 Å². The van der Waals surface area contributed by atoms with Gasteiger partial charge in [0.2, 0.25) is 5.91 Å². The maximum absolute atomic E-state index is 10.4. The van der Waals surface area contributed by atoms with E-state index in [2.05, 4.69) is 15.3 Å². The number of hydrogen-bond donors (Lipinski definition) is 3. The Labute approximate surface area is 104 Å². The number of carbonyl (C=O) groups is 1. The van der Waals surface area contributed by atoms with Crippen molar-refractivity contribution in [2.45, 2.75) is 0 Å². The molecule has 7 nitrogen and oxygen atoms in total. The lowest BCUT2D eigenvalue weighted by atomic mass is 10.4. The van der Waals surface area contributed by atoms with E-state index >= 15 is 0 Å². The normalized spacial score (nSPS) is 9.88. The van der Waals surface area contributed by atoms with Crippen LogP contribution in [0, 0.1) is 0 Å². The van der Waals surface area contributed by atoms with Crippen molar-refractivity contribution in [1.82, 2.24) is 9.97 Å². The predicted octanol–water partition coefficient (Wildman–Crippen LogP) is -0.975. The van der Waals surface area contributed by atoms with Crippen LogP contribution in [0.2, 0.25) is 0 Å². The van der Waals surface area contributed by atoms with Crippen LogP contribution in [0.1, 0.15) is 5.69 Å². The largest absolute Gasteiger partial charge is 0.388 e. The first-order valence-electron chi connectivity index (χ1n) is 4.81. The van der Waals surface area contributed by atoms with Gasteiger partial charge in [-0.3, -0.25) is 4.79 Å². The van der Waals surface area contributed by atoms with Crippen LogP contribution in [-0.4, -0.2) is 40.6 Å². The molecule has 0 unspecified atom stereocenters. The van der Waals surface area contributed by atoms with E-state index in [9.17, 15) is 4.79 Å². The van der Waals surface area contributed by atoms with E-state index in [1.54, 1.807) is 0 Å². The number of nitrogens with two attached hydrogens (primary N) is 2. The van der Waals surface area contributed by atoms with E-state index < -0.39 is 5.91 Å². The molecule has 8 heteroatoms. The quantitative estimate of drug-likeness (QED) is 0.423. The molecule has 0 atom stereocenters. The van der Waals surface area contributed by atoms with Crippen molar-refractivity contribution in [2.24, 2.45) is 11.5 Å². The Balaban J connectivity index is 2.27. The Morgan fingerprint density at radius 2 is 2.18 bits per heavy atom. The molecule has 17 heavy (non-hydrogen) atoms. The lowest BCUT2D eigenvalue weighted by Crippen LogP contribution is -2.20. The standard InChI is InChI=1S/C9H13N5O2S/c10-7(15)5-16-2-1-12-8-4-13-6(3-14-8)9(11)17/h3-4H,1-2,5H2,(H2,10,15)(H2,11,17)(H,12,14). The van der Waals surface area contributed by atoms with Gasteiger partial charge >= 0.3 is 0 Å². The molecule has 1 heterocycles. The molecule has 0 bridgehead atoms. The van der Waals surface area contributed by atoms with Gasteiger partial charge in [-0.1, -0.05) is 12.2 Å². The van der Waals surface area contributed by atoms with Crippen LogP contribution in [-0.2, 0) is 9.53 Å². The average molecular weight is 255 g/mol. The highest BCUT2D eigenvalue weighted by atomic mass is 32.1. The second-order valence-electron chi connectivity index (χ2n) is 3.10. The molecule has 1 aromatic rings. The first-order chi connectivity index (χ1) is 8.09. The van der Waals surface area contributed by atoms with Crippen LogP contribution in [0.4, 0.5) is 5.82 Å². The number of thiocarbonyl (C=S) groups is 1. The number of primary amides is 1. The molecule has 0 spiro atoms. The van der Waals surface area contributed by atoms with E-state index in [0.29, 0.717) is 24.7 Å². The fourth-order valence-corrected chi connectivity index (χ4v) is 1.08. The summed E-state index contributed by atoms with van der Waals surface area (Å²) in [6.45, 7) is 0.754. The van der Waals surface area contributed by atoms with Crippen molar-refractivity contribution < 1.29 is 9.53 Å². The third-order valence-corrected chi connectivity index (χ3v) is 1.91. The molecular weight excluding hydrogens is 242 g/mol. The average Bonchev–Trinajstić information content (AvgIpc) is 2.29. The lowest BCUT2D eigenvalue weighted by Gasteiger charge is -2.05. The molecule has 0 aliphatic carbocycles. The van der Waals surface area contributed by atoms with Gasteiger partial charge in [0, 0.05) is 6.54 Å². The molecule has 1 amide bonds. The summed E-state index contributed by atoms with van der Waals surface area (Å²) in [5, 5.41) is 2.95. The Morgan fingerprint density at radius 1 is 1.41 bits per heavy atom. The fourth-order valence-electron chi connectivity index (χ4n) is 0.971. The molecule has 5 N–H and O–H groups in total. The van der Waals surface area contributed by atoms with Crippen molar-refractivity contribution in [3.63, 3.8) is 0 Å². The van der Waals surface area contributed by atoms with Crippen LogP contribution in [0.5, 0.6) is 0 Å². The first kappa shape index (κ1) is 13.3. The van der Waals surface area contributed by atoms with Gasteiger partial charge in [-0.15, -0.1) is 0 Å². The summed E-state index contributed by atoms with van der Waals surface area (Å²) < 4.78 is 4.95. The van der Waals surface area contributed by atoms with E-state index in [-0.39, 0.29) is 11.6 Å². The van der Waals surface area contributed by atoms with Gasteiger partial charge in [0.1, 0.15) is 23.1 Å². The number of anilines is 1. The second kappa shape index (κ2) is 6.71. The van der Waals surface area contributed by atoms with Gasteiger partial charge in [0.25, 0.3) is 0 Å². The summed E-state index contributed by atoms with van der Waals surface area (Å²) in [4.78, 5) is 18.6. The highest BCUT2D eigenvalue weighted by Crippen LogP contribution is 2.00. The monoisotopic (exact) mass is 255 g/mol. The van der Waals surface area contributed by atoms with Gasteiger partial charge in [-0.05, 0) is 0 Å². The molecular formula is C9H13N5O2S. The van der Waals surface area contributed by atoms with Crippen molar-refractivity contribution in [3.05, 3.63) is 18.1 Å². The van der Waals surface area contributed by atoms with Gasteiger partial charge in [-0.2, -0.15) is 0 Å². The minimum atomic E-state index is -0.495. The predicted molar refractivity (Wildman–Crippen MR) is 66.4 cm³/mol. The number of amides is 1. The number of carbonyl (C=O) groups excluding carboxylic acids is 1. The summed E-state index contributed by atoms with van der Waals surface area (Å²) >= 11 is 4.74. The summed E-state index contributed by atoms with van der Waals surface area (Å²) in [5.74, 6) is 0.0817. The number of aromatic nitrogens is 2. The summed E-state index contributed by atoms with van der Waals surface area (Å²) in [6, 6.07) is 0. The summed E-state index contributed by atoms with van der Waals surface area (Å²) in [6.07, 6.45) is 3.00. The van der Waals surface area contributed by atoms with E-state index in [0.717, 1.165) is 0 Å². The van der Waals surface area contributed by atoms with E-state index in [4.69, 9.17) is 28.4 Å². The van der Waals surface area contributed by atoms with E-state index in [1.165, 1.54) is 12.4 Å². The third kappa shape index (κ3) is 5.18. The molecule has 0 saturated heterocycles. The van der Waals surface area contributed by atoms with Crippen molar-refractivity contribution in [3.8, 4) is 0 Å². The zero-order chi connectivity index (χ0) is 12.7. The molecule has 92 valence electrons. The molecule has 0 aliphatic rings. The number of rotatable bonds is 7. The smallest absolute Gasteiger partial charge is 0.243 e. The van der Waals surface area contributed by atoms with Crippen molar-refractivity contribution in [2.75, 3.05) is 25.1 Å². The minimum Gasteiger partial charge on any atom is -0.388 e. The molecule has 0 radical (unpaired) electrons. The Bertz CT molecular complexity index is 395. The highest BCUT2D eigenvalue weighted by molar-refractivity contribution is 7.80. The highest BCUT2D eigenvalue weighted by Gasteiger charge is 1.99. The first-order valence-corrected chi connectivity index (χ1v) is 5.22. The molecule has 1 aromatic heterocycles. The number of hydrogen-bond acceptors (Lipinski definition) is 6. The topological polar surface area (TPSA) is 116 Å². The molecule has 1 rings (SSSR count). The number of nitrogens with one attached hydrogen (secondary N) is 1. The maximum atomic E-state index is 10.4. The van der Waals surface area contributed by atoms with Gasteiger partial charge in [0.15, 0.2) is 0 Å². The van der Waals surface area contributed by atoms with Crippen LogP contribution in [0.15, 0.2) is 12.4 Å². The minimum absolute atomic E-state index is 0.0895. The summed E-state index contributed by atoms with van der Waals surface area (Å²) in [5.41, 5.74) is 10.7. The third-order valence-electron chi connectivity index (χ3n) is 1.70. The van der Waals surface area contributed by atoms with Crippen LogP contribution in [0.25, 0.3) is 0 Å². The van der Waals surface area contributed by atoms with Crippen molar-refractivity contribution >= 4 is 28.9 Å². The summed E-state index contributed by atoms with van der Waals surface area (Å²) in [7, 11) is 0. The zero-order valence-corrected chi connectivity index (χ0v) is 9.87. The van der Waals surface area contributed by atoms with Crippen LogP contribution < -0.4 is 16.8 Å². The molecule has 0 aliphatic heterocycles. The number of nitrogens with zero attached hydrogens (tertiary/aromatic N) is 2. The van der Waals surface area contributed by atoms with Crippen LogP contribution >= 0.6 is 12.2 Å². The Morgan fingerprint density at radius 3 is 2.71 bits per heavy atom. The molecule has 0 saturated carbocycles. The van der Waals surface area contributed by atoms with Crippen LogP contribution in [0.3, 0.4) is 0 Å². The maximum Gasteiger partial charge on any atom is 0.243 e. The van der Waals surface area contributed by atoms with Gasteiger partial charge in [0.05, 0.1) is 19.0 Å². The molecule has 0 fully saturated rings. The zero-order valence-electron chi connectivity index (χ0n) is 9.05. The molecule has 0 aromatic carbocycles. The van der Waals surface area contributed by atoms with E-state index in [1.807, 2.05) is 0 Å².